The van der Waals surface area contributed by atoms with Gasteiger partial charge in [-0.3, -0.25) is 4.90 Å². The third-order valence-corrected chi connectivity index (χ3v) is 9.43. The van der Waals surface area contributed by atoms with Crippen LogP contribution in [0.2, 0.25) is 0 Å². The summed E-state index contributed by atoms with van der Waals surface area (Å²) in [6.45, 7) is 9.73. The molecule has 2 heterocycles. The topological polar surface area (TPSA) is 64.1 Å². The van der Waals surface area contributed by atoms with Gasteiger partial charge in [0.05, 0.1) is 0 Å². The Labute approximate surface area is 192 Å². The smallest absolute Gasteiger partial charge is 0.221 e. The molecule has 3 atom stereocenters. The molecule has 0 aromatic heterocycles. The Kier molecular flexibility index (Phi) is 6.91. The molecule has 2 aliphatic heterocycles. The van der Waals surface area contributed by atoms with Crippen molar-refractivity contribution in [2.24, 2.45) is 0 Å². The second kappa shape index (κ2) is 9.51. The highest BCUT2D eigenvalue weighted by molar-refractivity contribution is 7.89. The molecule has 0 aliphatic carbocycles. The number of rotatable bonds is 5. The van der Waals surface area contributed by atoms with Crippen LogP contribution in [0.4, 0.5) is 5.69 Å². The lowest BCUT2D eigenvalue weighted by atomic mass is 10.0. The van der Waals surface area contributed by atoms with E-state index in [-0.39, 0.29) is 6.04 Å². The molecular formula is C25H35N3O3S. The molecule has 6 nitrogen and oxygen atoms in total. The van der Waals surface area contributed by atoms with Gasteiger partial charge in [-0.1, -0.05) is 36.4 Å². The Morgan fingerprint density at radius 2 is 1.72 bits per heavy atom. The first-order valence-corrected chi connectivity index (χ1v) is 13.1. The Morgan fingerprint density at radius 3 is 2.34 bits per heavy atom. The summed E-state index contributed by atoms with van der Waals surface area (Å²) in [6.07, 6.45) is 1.12. The Balaban J connectivity index is 1.50. The van der Waals surface area contributed by atoms with Crippen LogP contribution in [0.3, 0.4) is 0 Å². The number of benzene rings is 2. The minimum Gasteiger partial charge on any atom is -0.379 e. The van der Waals surface area contributed by atoms with Crippen molar-refractivity contribution in [1.82, 2.24) is 9.21 Å². The van der Waals surface area contributed by atoms with E-state index in [9.17, 15) is 13.5 Å². The van der Waals surface area contributed by atoms with E-state index in [2.05, 4.69) is 34.9 Å². The predicted molar refractivity (Wildman–Crippen MR) is 129 cm³/mol. The van der Waals surface area contributed by atoms with Gasteiger partial charge in [-0.2, -0.15) is 4.31 Å². The summed E-state index contributed by atoms with van der Waals surface area (Å²) >= 11 is 0. The van der Waals surface area contributed by atoms with Crippen molar-refractivity contribution < 1.29 is 13.5 Å². The Morgan fingerprint density at radius 1 is 1.03 bits per heavy atom. The van der Waals surface area contributed by atoms with Crippen LogP contribution in [-0.4, -0.2) is 61.2 Å². The molecule has 3 unspecified atom stereocenters. The van der Waals surface area contributed by atoms with Gasteiger partial charge in [0.25, 0.3) is 0 Å². The van der Waals surface area contributed by atoms with Gasteiger partial charge < -0.3 is 10.0 Å². The average molecular weight is 458 g/mol. The zero-order chi connectivity index (χ0) is 22.9. The van der Waals surface area contributed by atoms with Crippen LogP contribution in [0.25, 0.3) is 0 Å². The van der Waals surface area contributed by atoms with Crippen molar-refractivity contribution in [3.05, 3.63) is 65.2 Å². The third kappa shape index (κ3) is 4.71. The first-order chi connectivity index (χ1) is 15.3. The first kappa shape index (κ1) is 23.2. The van der Waals surface area contributed by atoms with Crippen molar-refractivity contribution >= 4 is 15.7 Å². The number of aryl methyl sites for hydroxylation is 1. The van der Waals surface area contributed by atoms with Crippen molar-refractivity contribution in [3.8, 4) is 0 Å². The Bertz CT molecular complexity index is 1020. The van der Waals surface area contributed by atoms with Crippen molar-refractivity contribution in [2.45, 2.75) is 57.7 Å². The summed E-state index contributed by atoms with van der Waals surface area (Å²) in [6, 6.07) is 16.0. The van der Waals surface area contributed by atoms with Gasteiger partial charge in [-0.15, -0.1) is 0 Å². The van der Waals surface area contributed by atoms with Gasteiger partial charge in [-0.25, -0.2) is 8.42 Å². The number of piperazine rings is 1. The largest absolute Gasteiger partial charge is 0.379 e. The Hall–Kier alpha value is -1.93. The molecule has 0 saturated carbocycles. The van der Waals surface area contributed by atoms with Crippen LogP contribution in [0.15, 0.2) is 48.5 Å². The number of hydrogen-bond donors (Lipinski definition) is 1. The second-order valence-corrected chi connectivity index (χ2v) is 11.2. The standard InChI is InChI=1S/C25H35N3O3S/c1-19-17-24(27-15-13-26(14-16-27)21(3)29)11-10-23(19)18-28-20(2)9-12-25(32(28,30)31)22-7-5-4-6-8-22/h4-8,10-11,17,20-21,25,29H,9,12-16,18H2,1-3H3. The fraction of sp³-hybridized carbons (Fsp3) is 0.520. The number of nitrogens with zero attached hydrogens (tertiary/aromatic N) is 3. The summed E-state index contributed by atoms with van der Waals surface area (Å²) in [5, 5.41) is 9.31. The molecule has 2 saturated heterocycles. The number of sulfonamides is 1. The summed E-state index contributed by atoms with van der Waals surface area (Å²) in [5.74, 6) is 0. The molecule has 0 amide bonds. The van der Waals surface area contributed by atoms with Crippen LogP contribution in [0.1, 0.15) is 48.6 Å². The highest BCUT2D eigenvalue weighted by Gasteiger charge is 2.40. The van der Waals surface area contributed by atoms with E-state index in [0.717, 1.165) is 55.0 Å². The van der Waals surface area contributed by atoms with Gasteiger partial charge in [0.15, 0.2) is 0 Å². The molecule has 32 heavy (non-hydrogen) atoms. The molecule has 2 aliphatic rings. The van der Waals surface area contributed by atoms with E-state index in [0.29, 0.717) is 13.0 Å². The predicted octanol–water partition coefficient (Wildman–Crippen LogP) is 3.51. The SMILES string of the molecule is Cc1cc(N2CCN(C(C)O)CC2)ccc1CN1C(C)CCC(c2ccccc2)S1(=O)=O. The quantitative estimate of drug-likeness (QED) is 0.744. The monoisotopic (exact) mass is 457 g/mol. The van der Waals surface area contributed by atoms with E-state index in [1.807, 2.05) is 44.2 Å². The maximum Gasteiger partial charge on any atom is 0.221 e. The van der Waals surface area contributed by atoms with E-state index in [1.54, 1.807) is 4.31 Å². The van der Waals surface area contributed by atoms with Gasteiger partial charge in [0.2, 0.25) is 10.0 Å². The normalized spacial score (nSPS) is 25.6. The summed E-state index contributed by atoms with van der Waals surface area (Å²) in [5.41, 5.74) is 4.21. The minimum absolute atomic E-state index is 0.00686. The first-order valence-electron chi connectivity index (χ1n) is 11.6. The number of aliphatic hydroxyl groups excluding tert-OH is 1. The minimum atomic E-state index is -3.43. The molecule has 2 aromatic carbocycles. The van der Waals surface area contributed by atoms with Crippen molar-refractivity contribution in [3.63, 3.8) is 0 Å². The van der Waals surface area contributed by atoms with Crippen molar-refractivity contribution in [2.75, 3.05) is 31.1 Å². The summed E-state index contributed by atoms with van der Waals surface area (Å²) < 4.78 is 28.8. The molecule has 174 valence electrons. The van der Waals surface area contributed by atoms with Gasteiger partial charge in [-0.05, 0) is 62.4 Å². The number of hydrogen-bond acceptors (Lipinski definition) is 5. The van der Waals surface area contributed by atoms with E-state index >= 15 is 0 Å². The summed E-state index contributed by atoms with van der Waals surface area (Å²) in [7, 11) is -3.43. The van der Waals surface area contributed by atoms with Crippen LogP contribution < -0.4 is 4.90 Å². The van der Waals surface area contributed by atoms with Crippen LogP contribution in [0, 0.1) is 6.92 Å². The fourth-order valence-electron chi connectivity index (χ4n) is 4.93. The molecule has 4 rings (SSSR count). The molecule has 2 fully saturated rings. The van der Waals surface area contributed by atoms with E-state index in [1.165, 1.54) is 0 Å². The molecular weight excluding hydrogens is 422 g/mol. The maximum absolute atomic E-state index is 13.5. The van der Waals surface area contributed by atoms with Crippen LogP contribution in [0.5, 0.6) is 0 Å². The van der Waals surface area contributed by atoms with E-state index in [4.69, 9.17) is 0 Å². The number of anilines is 1. The lowest BCUT2D eigenvalue weighted by Crippen LogP contribution is -2.49. The van der Waals surface area contributed by atoms with Crippen LogP contribution >= 0.6 is 0 Å². The molecule has 7 heteroatoms. The molecule has 1 N–H and O–H groups in total. The molecule has 2 aromatic rings. The van der Waals surface area contributed by atoms with Gasteiger partial charge >= 0.3 is 0 Å². The zero-order valence-corrected chi connectivity index (χ0v) is 20.1. The lowest BCUT2D eigenvalue weighted by molar-refractivity contribution is 0.0153. The molecule has 0 spiro atoms. The zero-order valence-electron chi connectivity index (χ0n) is 19.3. The average Bonchev–Trinajstić information content (AvgIpc) is 2.78. The van der Waals surface area contributed by atoms with Gasteiger partial charge in [0.1, 0.15) is 11.5 Å². The van der Waals surface area contributed by atoms with E-state index < -0.39 is 21.5 Å². The maximum atomic E-state index is 13.5. The summed E-state index contributed by atoms with van der Waals surface area (Å²) in [4.78, 5) is 4.41. The third-order valence-electron chi connectivity index (χ3n) is 7.06. The highest BCUT2D eigenvalue weighted by Crippen LogP contribution is 2.38. The van der Waals surface area contributed by atoms with Gasteiger partial charge in [0, 0.05) is 44.5 Å². The fourth-order valence-corrected chi connectivity index (χ4v) is 7.12. The molecule has 0 radical (unpaired) electrons. The highest BCUT2D eigenvalue weighted by atomic mass is 32.2. The van der Waals surface area contributed by atoms with Crippen LogP contribution in [-0.2, 0) is 16.6 Å². The lowest BCUT2D eigenvalue weighted by Gasteiger charge is -2.38. The van der Waals surface area contributed by atoms with Crippen molar-refractivity contribution in [1.29, 1.82) is 0 Å². The number of aliphatic hydroxyl groups is 1. The molecule has 0 bridgehead atoms. The second-order valence-electron chi connectivity index (χ2n) is 9.18.